The van der Waals surface area contributed by atoms with E-state index < -0.39 is 12.0 Å². The van der Waals surface area contributed by atoms with Crippen LogP contribution in [0.25, 0.3) is 0 Å². The fourth-order valence-electron chi connectivity index (χ4n) is 1.54. The van der Waals surface area contributed by atoms with Crippen molar-refractivity contribution in [2.24, 2.45) is 0 Å². The van der Waals surface area contributed by atoms with Gasteiger partial charge in [-0.25, -0.2) is 0 Å². The molecule has 0 radical (unpaired) electrons. The zero-order valence-electron chi connectivity index (χ0n) is 9.17. The highest BCUT2D eigenvalue weighted by Crippen LogP contribution is 2.24. The Morgan fingerprint density at radius 3 is 2.80 bits per heavy atom. The quantitative estimate of drug-likeness (QED) is 0.837. The average Bonchev–Trinajstić information content (AvgIpc) is 2.69. The van der Waals surface area contributed by atoms with Gasteiger partial charge in [0.2, 0.25) is 0 Å². The molecule has 2 unspecified atom stereocenters. The monoisotopic (exact) mass is 228 g/mol. The summed E-state index contributed by atoms with van der Waals surface area (Å²) in [6.07, 6.45) is 2.40. The van der Waals surface area contributed by atoms with E-state index in [0.717, 1.165) is 4.88 Å². The third kappa shape index (κ3) is 2.76. The van der Waals surface area contributed by atoms with Gasteiger partial charge in [0.05, 0.1) is 5.51 Å². The molecule has 0 aromatic carbocycles. The minimum Gasteiger partial charge on any atom is -0.480 e. The highest BCUT2D eigenvalue weighted by Gasteiger charge is 2.25. The third-order valence-electron chi connectivity index (χ3n) is 2.64. The molecule has 0 saturated heterocycles. The lowest BCUT2D eigenvalue weighted by atomic mass is 10.1. The number of nitrogens with zero attached hydrogens (tertiary/aromatic N) is 2. The van der Waals surface area contributed by atoms with Gasteiger partial charge in [0.1, 0.15) is 6.04 Å². The summed E-state index contributed by atoms with van der Waals surface area (Å²) in [5, 5.41) is 9.04. The minimum atomic E-state index is -0.767. The molecule has 0 aliphatic rings. The van der Waals surface area contributed by atoms with Crippen LogP contribution in [0.3, 0.4) is 0 Å². The van der Waals surface area contributed by atoms with E-state index in [9.17, 15) is 4.79 Å². The van der Waals surface area contributed by atoms with Gasteiger partial charge in [-0.05, 0) is 20.4 Å². The second-order valence-corrected chi connectivity index (χ2v) is 4.43. The van der Waals surface area contributed by atoms with E-state index in [1.165, 1.54) is 0 Å². The van der Waals surface area contributed by atoms with Crippen molar-refractivity contribution in [1.29, 1.82) is 0 Å². The molecule has 15 heavy (non-hydrogen) atoms. The first-order chi connectivity index (χ1) is 7.07. The van der Waals surface area contributed by atoms with E-state index in [2.05, 4.69) is 4.98 Å². The smallest absolute Gasteiger partial charge is 0.320 e. The van der Waals surface area contributed by atoms with E-state index >= 15 is 0 Å². The number of carbonyl (C=O) groups is 1. The van der Waals surface area contributed by atoms with Crippen LogP contribution in [0.5, 0.6) is 0 Å². The molecule has 0 saturated carbocycles. The summed E-state index contributed by atoms with van der Waals surface area (Å²) in [4.78, 5) is 18.0. The van der Waals surface area contributed by atoms with E-state index in [0.29, 0.717) is 6.42 Å². The normalized spacial score (nSPS) is 15.2. The Kier molecular flexibility index (Phi) is 4.23. The highest BCUT2D eigenvalue weighted by atomic mass is 32.1. The molecule has 0 bridgehead atoms. The summed E-state index contributed by atoms with van der Waals surface area (Å²) in [5.74, 6) is -0.767. The molecule has 0 aliphatic carbocycles. The zero-order chi connectivity index (χ0) is 11.4. The van der Waals surface area contributed by atoms with Gasteiger partial charge in [0.15, 0.2) is 0 Å². The molecule has 4 nitrogen and oxygen atoms in total. The Balaban J connectivity index is 2.75. The molecule has 1 aromatic rings. The number of aromatic nitrogens is 1. The van der Waals surface area contributed by atoms with Crippen LogP contribution in [0, 0.1) is 0 Å². The summed E-state index contributed by atoms with van der Waals surface area (Å²) in [5.41, 5.74) is 1.77. The van der Waals surface area contributed by atoms with Gasteiger partial charge in [-0.15, -0.1) is 11.3 Å². The van der Waals surface area contributed by atoms with E-state index in [1.807, 2.05) is 25.8 Å². The summed E-state index contributed by atoms with van der Waals surface area (Å²) in [6, 6.07) is -0.333. The van der Waals surface area contributed by atoms with Crippen LogP contribution in [0.4, 0.5) is 0 Å². The maximum atomic E-state index is 11.0. The molecule has 1 N–H and O–H groups in total. The predicted molar refractivity (Wildman–Crippen MR) is 60.0 cm³/mol. The number of carboxylic acid groups (broad SMARTS) is 1. The Morgan fingerprint density at radius 2 is 2.40 bits per heavy atom. The minimum absolute atomic E-state index is 0.0959. The average molecular weight is 228 g/mol. The third-order valence-corrected chi connectivity index (χ3v) is 3.58. The summed E-state index contributed by atoms with van der Waals surface area (Å²) in [7, 11) is 1.84. The fraction of sp³-hybridized carbons (Fsp3) is 0.600. The van der Waals surface area contributed by atoms with Crippen molar-refractivity contribution in [2.75, 3.05) is 7.05 Å². The number of thiazole rings is 1. The zero-order valence-corrected chi connectivity index (χ0v) is 9.99. The van der Waals surface area contributed by atoms with Crippen LogP contribution in [-0.2, 0) is 4.79 Å². The molecule has 2 atom stereocenters. The second kappa shape index (κ2) is 5.23. The molecule has 0 fully saturated rings. The number of hydrogen-bond donors (Lipinski definition) is 1. The van der Waals surface area contributed by atoms with Crippen LogP contribution in [0.1, 0.15) is 31.2 Å². The first-order valence-electron chi connectivity index (χ1n) is 4.91. The van der Waals surface area contributed by atoms with Gasteiger partial charge < -0.3 is 5.11 Å². The van der Waals surface area contributed by atoms with Crippen molar-refractivity contribution >= 4 is 17.3 Å². The lowest BCUT2D eigenvalue weighted by Gasteiger charge is -2.28. The number of hydrogen-bond acceptors (Lipinski definition) is 4. The maximum absolute atomic E-state index is 11.0. The lowest BCUT2D eigenvalue weighted by molar-refractivity contribution is -0.143. The molecule has 1 heterocycles. The second-order valence-electron chi connectivity index (χ2n) is 3.51. The SMILES string of the molecule is CCC(C(=O)O)N(C)C(C)c1cncs1. The highest BCUT2D eigenvalue weighted by molar-refractivity contribution is 7.09. The fourth-order valence-corrected chi connectivity index (χ4v) is 2.27. The number of likely N-dealkylation sites (N-methyl/N-ethyl adjacent to an activating group) is 1. The molecule has 5 heteroatoms. The summed E-state index contributed by atoms with van der Waals surface area (Å²) >= 11 is 1.55. The van der Waals surface area contributed by atoms with Gasteiger partial charge in [-0.2, -0.15) is 0 Å². The van der Waals surface area contributed by atoms with Crippen LogP contribution in [0.15, 0.2) is 11.7 Å². The molecule has 0 amide bonds. The Labute approximate surface area is 93.6 Å². The Hall–Kier alpha value is -0.940. The molecule has 1 rings (SSSR count). The van der Waals surface area contributed by atoms with Gasteiger partial charge in [-0.1, -0.05) is 6.92 Å². The largest absolute Gasteiger partial charge is 0.480 e. The summed E-state index contributed by atoms with van der Waals surface area (Å²) < 4.78 is 0. The molecule has 0 aliphatic heterocycles. The van der Waals surface area contributed by atoms with Crippen molar-refractivity contribution in [3.8, 4) is 0 Å². The topological polar surface area (TPSA) is 53.4 Å². The van der Waals surface area contributed by atoms with Crippen molar-refractivity contribution in [1.82, 2.24) is 9.88 Å². The van der Waals surface area contributed by atoms with Crippen molar-refractivity contribution in [2.45, 2.75) is 32.4 Å². The van der Waals surface area contributed by atoms with E-state index in [-0.39, 0.29) is 6.04 Å². The molecular formula is C10H16N2O2S. The number of rotatable bonds is 5. The van der Waals surface area contributed by atoms with Crippen LogP contribution >= 0.6 is 11.3 Å². The first kappa shape index (κ1) is 12.1. The molecule has 84 valence electrons. The van der Waals surface area contributed by atoms with Crippen molar-refractivity contribution in [3.63, 3.8) is 0 Å². The van der Waals surface area contributed by atoms with Gasteiger partial charge in [0, 0.05) is 17.1 Å². The van der Waals surface area contributed by atoms with Crippen LogP contribution in [0.2, 0.25) is 0 Å². The number of aliphatic carboxylic acids is 1. The van der Waals surface area contributed by atoms with E-state index in [1.54, 1.807) is 23.0 Å². The van der Waals surface area contributed by atoms with Crippen LogP contribution in [-0.4, -0.2) is 34.0 Å². The van der Waals surface area contributed by atoms with Crippen molar-refractivity contribution in [3.05, 3.63) is 16.6 Å². The van der Waals surface area contributed by atoms with Crippen molar-refractivity contribution < 1.29 is 9.90 Å². The van der Waals surface area contributed by atoms with Crippen LogP contribution < -0.4 is 0 Å². The predicted octanol–water partition coefficient (Wildman–Crippen LogP) is 2.00. The Bertz CT molecular complexity index is 313. The summed E-state index contributed by atoms with van der Waals surface area (Å²) in [6.45, 7) is 3.88. The standard InChI is InChI=1S/C10H16N2O2S/c1-4-8(10(13)14)12(3)7(2)9-5-11-6-15-9/h5-8H,4H2,1-3H3,(H,13,14). The Morgan fingerprint density at radius 1 is 1.73 bits per heavy atom. The molecule has 0 spiro atoms. The van der Waals surface area contributed by atoms with Gasteiger partial charge >= 0.3 is 5.97 Å². The van der Waals surface area contributed by atoms with E-state index in [4.69, 9.17) is 5.11 Å². The maximum Gasteiger partial charge on any atom is 0.320 e. The molecular weight excluding hydrogens is 212 g/mol. The lowest BCUT2D eigenvalue weighted by Crippen LogP contribution is -2.39. The number of carboxylic acids is 1. The van der Waals surface area contributed by atoms with Gasteiger partial charge in [-0.3, -0.25) is 14.7 Å². The van der Waals surface area contributed by atoms with Gasteiger partial charge in [0.25, 0.3) is 0 Å². The molecule has 1 aromatic heterocycles. The first-order valence-corrected chi connectivity index (χ1v) is 5.79.